The van der Waals surface area contributed by atoms with E-state index in [1.54, 1.807) is 17.6 Å². The molecule has 3 rings (SSSR count). The van der Waals surface area contributed by atoms with E-state index in [4.69, 9.17) is 4.42 Å². The Morgan fingerprint density at radius 2 is 2.22 bits per heavy atom. The predicted molar refractivity (Wildman–Crippen MR) is 93.6 cm³/mol. The fourth-order valence-corrected chi connectivity index (χ4v) is 4.22. The van der Waals surface area contributed by atoms with Crippen LogP contribution in [0.2, 0.25) is 0 Å². The van der Waals surface area contributed by atoms with E-state index < -0.39 is 0 Å². The van der Waals surface area contributed by atoms with Crippen molar-refractivity contribution in [2.75, 3.05) is 5.75 Å². The van der Waals surface area contributed by atoms with Gasteiger partial charge in [0.1, 0.15) is 5.76 Å². The summed E-state index contributed by atoms with van der Waals surface area (Å²) >= 11 is 3.09. The second kappa shape index (κ2) is 6.76. The highest BCUT2D eigenvalue weighted by Gasteiger charge is 2.17. The Bertz CT molecular complexity index is 816. The highest BCUT2D eigenvalue weighted by atomic mass is 32.2. The van der Waals surface area contributed by atoms with Gasteiger partial charge in [0.25, 0.3) is 0 Å². The molecule has 0 unspecified atom stereocenters. The van der Waals surface area contributed by atoms with Gasteiger partial charge in [-0.05, 0) is 39.0 Å². The summed E-state index contributed by atoms with van der Waals surface area (Å²) in [6.07, 6.45) is 1.67. The second-order valence-electron chi connectivity index (χ2n) is 5.42. The number of nitrogens with zero attached hydrogens (tertiary/aromatic N) is 2. The average molecular weight is 346 g/mol. The first-order chi connectivity index (χ1) is 11.0. The minimum atomic E-state index is 0.140. The maximum Gasteiger partial charge on any atom is 0.174 e. The Labute approximate surface area is 143 Å². The number of thiazole rings is 1. The SMILES string of the molecule is Cc1csc(SCC(=O)c2cc(C)n(Cc3ccco3)c2C)n1. The quantitative estimate of drug-likeness (QED) is 0.487. The third kappa shape index (κ3) is 3.59. The first kappa shape index (κ1) is 16.1. The van der Waals surface area contributed by atoms with Gasteiger partial charge >= 0.3 is 0 Å². The van der Waals surface area contributed by atoms with Crippen molar-refractivity contribution in [1.29, 1.82) is 0 Å². The van der Waals surface area contributed by atoms with Crippen LogP contribution in [0.4, 0.5) is 0 Å². The van der Waals surface area contributed by atoms with E-state index in [2.05, 4.69) is 9.55 Å². The Kier molecular flexibility index (Phi) is 4.73. The van der Waals surface area contributed by atoms with Crippen molar-refractivity contribution in [3.63, 3.8) is 0 Å². The predicted octanol–water partition coefficient (Wildman–Crippen LogP) is 4.49. The number of carbonyl (C=O) groups excluding carboxylic acids is 1. The van der Waals surface area contributed by atoms with Crippen LogP contribution >= 0.6 is 23.1 Å². The zero-order chi connectivity index (χ0) is 16.4. The third-order valence-electron chi connectivity index (χ3n) is 3.69. The number of aromatic nitrogens is 2. The molecule has 0 radical (unpaired) electrons. The van der Waals surface area contributed by atoms with Crippen LogP contribution in [0.1, 0.15) is 33.2 Å². The van der Waals surface area contributed by atoms with Crippen molar-refractivity contribution in [2.24, 2.45) is 0 Å². The zero-order valence-electron chi connectivity index (χ0n) is 13.3. The van der Waals surface area contributed by atoms with E-state index in [0.717, 1.165) is 32.7 Å². The largest absolute Gasteiger partial charge is 0.467 e. The van der Waals surface area contributed by atoms with E-state index in [0.29, 0.717) is 12.3 Å². The van der Waals surface area contributed by atoms with Crippen molar-refractivity contribution in [3.8, 4) is 0 Å². The summed E-state index contributed by atoms with van der Waals surface area (Å²) in [5, 5.41) is 2.00. The van der Waals surface area contributed by atoms with Crippen molar-refractivity contribution in [3.05, 3.63) is 58.2 Å². The monoisotopic (exact) mass is 346 g/mol. The van der Waals surface area contributed by atoms with Crippen LogP contribution in [-0.2, 0) is 6.54 Å². The fraction of sp³-hybridized carbons (Fsp3) is 0.294. The number of hydrogen-bond donors (Lipinski definition) is 0. The molecule has 0 aliphatic rings. The van der Waals surface area contributed by atoms with Gasteiger partial charge in [-0.2, -0.15) is 0 Å². The summed E-state index contributed by atoms with van der Waals surface area (Å²) in [5.41, 5.74) is 3.84. The van der Waals surface area contributed by atoms with E-state index in [1.807, 2.05) is 44.4 Å². The number of carbonyl (C=O) groups is 1. The first-order valence-electron chi connectivity index (χ1n) is 7.32. The smallest absolute Gasteiger partial charge is 0.174 e. The van der Waals surface area contributed by atoms with Crippen molar-refractivity contribution >= 4 is 28.9 Å². The minimum Gasteiger partial charge on any atom is -0.467 e. The maximum absolute atomic E-state index is 12.5. The number of ketones is 1. The molecule has 0 saturated carbocycles. The van der Waals surface area contributed by atoms with Gasteiger partial charge < -0.3 is 8.98 Å². The van der Waals surface area contributed by atoms with E-state index in [9.17, 15) is 4.79 Å². The molecule has 0 N–H and O–H groups in total. The molecule has 120 valence electrons. The lowest BCUT2D eigenvalue weighted by Crippen LogP contribution is -2.07. The average Bonchev–Trinajstić information content (AvgIpc) is 3.23. The summed E-state index contributed by atoms with van der Waals surface area (Å²) in [6.45, 7) is 6.62. The van der Waals surface area contributed by atoms with Crippen molar-refractivity contribution in [1.82, 2.24) is 9.55 Å². The molecule has 0 amide bonds. The lowest BCUT2D eigenvalue weighted by Gasteiger charge is -2.07. The molecule has 4 nitrogen and oxygen atoms in total. The second-order valence-corrected chi connectivity index (χ2v) is 7.50. The topological polar surface area (TPSA) is 48.0 Å². The Balaban J connectivity index is 1.73. The molecule has 6 heteroatoms. The van der Waals surface area contributed by atoms with Gasteiger partial charge in [0.2, 0.25) is 0 Å². The summed E-state index contributed by atoms with van der Waals surface area (Å²) in [7, 11) is 0. The zero-order valence-corrected chi connectivity index (χ0v) is 15.0. The first-order valence-corrected chi connectivity index (χ1v) is 9.18. The molecule has 0 saturated heterocycles. The van der Waals surface area contributed by atoms with Gasteiger partial charge in [-0.1, -0.05) is 11.8 Å². The molecule has 0 aromatic carbocycles. The number of thioether (sulfide) groups is 1. The molecule has 0 spiro atoms. The van der Waals surface area contributed by atoms with Gasteiger partial charge in [0.05, 0.1) is 18.6 Å². The Hall–Kier alpha value is -1.79. The molecule has 0 aliphatic carbocycles. The molecule has 0 atom stereocenters. The summed E-state index contributed by atoms with van der Waals surface area (Å²) in [4.78, 5) is 16.9. The van der Waals surface area contributed by atoms with Gasteiger partial charge in [-0.3, -0.25) is 4.79 Å². The van der Waals surface area contributed by atoms with Crippen LogP contribution < -0.4 is 0 Å². The van der Waals surface area contributed by atoms with Gasteiger partial charge in [-0.25, -0.2) is 4.98 Å². The molecule has 3 aromatic rings. The molecule has 0 fully saturated rings. The normalized spacial score (nSPS) is 11.1. The third-order valence-corrected chi connectivity index (χ3v) is 5.83. The van der Waals surface area contributed by atoms with Crippen LogP contribution in [0, 0.1) is 20.8 Å². The lowest BCUT2D eigenvalue weighted by molar-refractivity contribution is 0.102. The number of hydrogen-bond acceptors (Lipinski definition) is 5. The maximum atomic E-state index is 12.5. The van der Waals surface area contributed by atoms with Crippen molar-refractivity contribution in [2.45, 2.75) is 31.7 Å². The van der Waals surface area contributed by atoms with Crippen LogP contribution in [0.3, 0.4) is 0 Å². The summed E-state index contributed by atoms with van der Waals surface area (Å²) in [6, 6.07) is 5.79. The molecule has 3 aromatic heterocycles. The number of Topliss-reactive ketones (excluding diaryl/α,β-unsaturated/α-hetero) is 1. The minimum absolute atomic E-state index is 0.140. The van der Waals surface area contributed by atoms with E-state index in [1.165, 1.54) is 11.8 Å². The molecule has 23 heavy (non-hydrogen) atoms. The van der Waals surface area contributed by atoms with E-state index in [-0.39, 0.29) is 5.78 Å². The van der Waals surface area contributed by atoms with Crippen LogP contribution in [-0.4, -0.2) is 21.1 Å². The Morgan fingerprint density at radius 1 is 1.39 bits per heavy atom. The van der Waals surface area contributed by atoms with Gasteiger partial charge in [-0.15, -0.1) is 11.3 Å². The number of aryl methyl sites for hydroxylation is 2. The number of rotatable bonds is 6. The molecule has 3 heterocycles. The van der Waals surface area contributed by atoms with Crippen LogP contribution in [0.25, 0.3) is 0 Å². The van der Waals surface area contributed by atoms with Gasteiger partial charge in [0, 0.05) is 28.0 Å². The highest BCUT2D eigenvalue weighted by molar-refractivity contribution is 8.01. The van der Waals surface area contributed by atoms with Crippen LogP contribution in [0.5, 0.6) is 0 Å². The lowest BCUT2D eigenvalue weighted by atomic mass is 10.2. The summed E-state index contributed by atoms with van der Waals surface area (Å²) in [5.74, 6) is 1.44. The highest BCUT2D eigenvalue weighted by Crippen LogP contribution is 2.25. The van der Waals surface area contributed by atoms with Crippen LogP contribution in [0.15, 0.2) is 38.6 Å². The van der Waals surface area contributed by atoms with Crippen molar-refractivity contribution < 1.29 is 9.21 Å². The van der Waals surface area contributed by atoms with E-state index >= 15 is 0 Å². The fourth-order valence-electron chi connectivity index (χ4n) is 2.49. The molecular weight excluding hydrogens is 328 g/mol. The summed E-state index contributed by atoms with van der Waals surface area (Å²) < 4.78 is 8.47. The number of furan rings is 1. The molecule has 0 aliphatic heterocycles. The Morgan fingerprint density at radius 3 is 2.87 bits per heavy atom. The molecular formula is C17H18N2O2S2. The van der Waals surface area contributed by atoms with Gasteiger partial charge in [0.15, 0.2) is 10.1 Å². The molecule has 0 bridgehead atoms. The standard InChI is InChI=1S/C17H18N2O2S2/c1-11-9-22-17(18-11)23-10-16(20)15-7-12(2)19(13(15)3)8-14-5-4-6-21-14/h4-7,9H,8,10H2,1-3H3.